The number of carbonyl (C=O) groups is 6. The molecule has 5 fully saturated rings. The first kappa shape index (κ1) is 98.5. The van der Waals surface area contributed by atoms with Crippen LogP contribution in [0.15, 0.2) is 83.8 Å². The van der Waals surface area contributed by atoms with Crippen LogP contribution in [0.25, 0.3) is 5.69 Å². The maximum atomic E-state index is 14.2. The fourth-order valence-corrected chi connectivity index (χ4v) is 14.4. The highest BCUT2D eigenvalue weighted by atomic mass is 31.2. The van der Waals surface area contributed by atoms with Crippen LogP contribution in [0, 0.1) is 15.5 Å². The van der Waals surface area contributed by atoms with Gasteiger partial charge in [-0.3, -0.25) is 38.3 Å². The summed E-state index contributed by atoms with van der Waals surface area (Å²) in [6.07, 6.45) is -33.8. The van der Waals surface area contributed by atoms with Crippen LogP contribution >= 0.6 is 7.82 Å². The van der Waals surface area contributed by atoms with E-state index in [4.69, 9.17) is 78.4 Å². The van der Waals surface area contributed by atoms with E-state index in [0.717, 1.165) is 87.2 Å². The molecular formula is C74H113N10O34P. The number of rotatable bonds is 41. The second-order valence-corrected chi connectivity index (χ2v) is 32.1. The molecule has 5 saturated heterocycles. The molecule has 21 N–H and O–H groups in total. The number of nitrogens with one attached hydrogen (secondary N) is 3. The summed E-state index contributed by atoms with van der Waals surface area (Å²) in [4.78, 5) is 105. The first-order valence-electron chi connectivity index (χ1n) is 38.2. The van der Waals surface area contributed by atoms with E-state index in [1.165, 1.54) is 24.1 Å². The maximum Gasteiger partial charge on any atom is 0.474 e. The Hall–Kier alpha value is -7.65. The number of amides is 5. The van der Waals surface area contributed by atoms with Crippen LogP contribution < -0.4 is 33.2 Å². The number of benzene rings is 1. The molecule has 5 aliphatic heterocycles. The minimum Gasteiger partial charge on any atom is -0.479 e. The third kappa shape index (κ3) is 26.7. The molecule has 0 radical (unpaired) electrons. The molecule has 1 unspecified atom stereocenters. The fourth-order valence-electron chi connectivity index (χ4n) is 13.6. The molecule has 0 saturated carbocycles. The number of hydrogen-bond acceptors (Lipinski definition) is 35. The Labute approximate surface area is 684 Å². The minimum atomic E-state index is -5.87. The second kappa shape index (κ2) is 43.9. The number of aromatic nitrogens is 3. The average Bonchev–Trinajstić information content (AvgIpc) is 0.939. The molecule has 7 rings (SSSR count). The maximum absolute atomic E-state index is 14.2. The van der Waals surface area contributed by atoms with E-state index in [-0.39, 0.29) is 36.6 Å². The van der Waals surface area contributed by atoms with E-state index < -0.39 is 239 Å². The number of nitro benzene ring substituents is 1. The molecule has 45 heteroatoms. The zero-order chi connectivity index (χ0) is 88.5. The predicted molar refractivity (Wildman–Crippen MR) is 408 cm³/mol. The Bertz CT molecular complexity index is 3970. The van der Waals surface area contributed by atoms with Gasteiger partial charge in [0.15, 0.2) is 61.7 Å². The Balaban J connectivity index is 1.14. The standard InChI is InChI=1S/C74H113N10O34P/c1-34(2)15-14-17-35(3)18-19-37(5)22-25-73(9,10)24-13-12-16-36(4)23-28-106-46(66(98)99)32-108-119(104,105)118-71-60(61(117-72(77)100)74(11,101)62(116-71)63(76)96)115-68-48(82-40(8)87)51(90)58(45(111-68)31-107-69-55(94)52(91)49(88)44(30-85)110-69)113-67-47(81-39(7)86)50(89)57(38(6)109-67)112-70-56(95)53(92)54(93)59(114-70)64-79-33-80-83(64)41-20-21-43(84(102)103)42(29-41)65(97)78-27-26-75/h13,15,18,20-21,23-24,29,33,38,44-62,67-71,85,88-95,101H,5,12,14,16-17,19,22,25-28,30-32,75H2,1-4,6-11H3,(H2,76,96)(H2,77,100)(H,78,97)(H,81,86)(H,82,87)(H,98,99)(H,104,105)/b24-13+,35-18+,36-23-/t38-,44-,45-,46-,47-,48-,49-,50-,51-,52+,53+,54-,55-,56-,57-,58-,59+,60-,61-,62-,67+,68+,69-,70-,71-,74+/m1/s1. The van der Waals surface area contributed by atoms with Crippen molar-refractivity contribution >= 4 is 49.2 Å². The Morgan fingerprint density at radius 2 is 1.38 bits per heavy atom. The normalized spacial score (nSPS) is 32.9. The van der Waals surface area contributed by atoms with Crippen LogP contribution in [0.4, 0.5) is 10.5 Å². The molecule has 27 atom stereocenters. The number of primary amides is 2. The fraction of sp³-hybridized carbons (Fsp3) is 0.676. The number of carbonyl (C=O) groups excluding carboxylic acids is 5. The number of aliphatic hydroxyl groups excluding tert-OH is 9. The van der Waals surface area contributed by atoms with Gasteiger partial charge in [0.25, 0.3) is 11.6 Å². The molecule has 0 aliphatic carbocycles. The van der Waals surface area contributed by atoms with Crippen molar-refractivity contribution in [1.29, 1.82) is 0 Å². The number of aliphatic carboxylic acids is 1. The number of aliphatic hydroxyl groups is 10. The van der Waals surface area contributed by atoms with Crippen molar-refractivity contribution < 1.29 is 160 Å². The van der Waals surface area contributed by atoms with Gasteiger partial charge in [-0.05, 0) is 104 Å². The number of phosphoric ester groups is 1. The summed E-state index contributed by atoms with van der Waals surface area (Å²) in [6, 6.07) is -0.809. The lowest BCUT2D eigenvalue weighted by Gasteiger charge is -2.52. The molecule has 1 aromatic heterocycles. The van der Waals surface area contributed by atoms with E-state index in [1.54, 1.807) is 13.0 Å². The summed E-state index contributed by atoms with van der Waals surface area (Å²) in [7, 11) is -5.87. The Morgan fingerprint density at radius 3 is 1.99 bits per heavy atom. The lowest BCUT2D eigenvalue weighted by molar-refractivity contribution is -0.385. The van der Waals surface area contributed by atoms with Crippen LogP contribution in [0.5, 0.6) is 0 Å². The van der Waals surface area contributed by atoms with Gasteiger partial charge >= 0.3 is 19.9 Å². The van der Waals surface area contributed by atoms with E-state index >= 15 is 0 Å². The van der Waals surface area contributed by atoms with Crippen LogP contribution in [-0.4, -0.2) is 309 Å². The quantitative estimate of drug-likeness (QED) is 0.0152. The van der Waals surface area contributed by atoms with Gasteiger partial charge in [-0.1, -0.05) is 73.1 Å². The molecule has 5 amide bonds. The number of allylic oxidation sites excluding steroid dienone is 8. The predicted octanol–water partition coefficient (Wildman–Crippen LogP) is -1.73. The topological polar surface area (TPSA) is 670 Å². The largest absolute Gasteiger partial charge is 0.479 e. The van der Waals surface area contributed by atoms with Crippen molar-refractivity contribution in [2.45, 2.75) is 273 Å². The van der Waals surface area contributed by atoms with Gasteiger partial charge in [-0.15, -0.1) is 0 Å². The van der Waals surface area contributed by atoms with Gasteiger partial charge in [0.2, 0.25) is 17.7 Å². The molecule has 119 heavy (non-hydrogen) atoms. The van der Waals surface area contributed by atoms with Crippen molar-refractivity contribution in [3.05, 3.63) is 105 Å². The SMILES string of the molecule is C=C(C/C=C(\C)CCC=C(C)C)CCC(C)(C)/C=C/CC/C(C)=C\CO[C@H](COP(=O)(O)O[C@H]1O[C@H](C(N)=O)[C@@](C)(O)[C@H](OC(N)=O)[C@H]1O[C@@H]1O[C@H](CO[C@@H]2O[C@H](CO)[C@@H](O)[C@H](O)[C@H]2O)[C@@H](O[C@@H]2O[C@H](C)[C@@H](O[C@@H]3O[C@H](c4ncnn4-c4ccc([N+](=O)[O-])c(C(=O)NCCN)c4)[C@H](O)[C@H](O)[C@H]3O)[C@H](O)[C@H]2NC(C)=O)[C@H](O)[C@H]1NC(C)=O)C(=O)O. The molecule has 44 nitrogen and oxygen atoms in total. The number of carboxylic acids is 1. The van der Waals surface area contributed by atoms with Crippen LogP contribution in [-0.2, 0) is 84.9 Å². The molecule has 5 aliphatic rings. The lowest BCUT2D eigenvalue weighted by Crippen LogP contribution is -2.72. The Morgan fingerprint density at radius 1 is 0.773 bits per heavy atom. The van der Waals surface area contributed by atoms with Gasteiger partial charge in [-0.25, -0.2) is 23.8 Å². The number of carboxylic acid groups (broad SMARTS) is 1. The molecule has 668 valence electrons. The molecule has 1 aromatic carbocycles. The summed E-state index contributed by atoms with van der Waals surface area (Å²) in [5.41, 5.74) is 16.9. The number of nitro groups is 1. The van der Waals surface area contributed by atoms with E-state index in [2.05, 4.69) is 85.5 Å². The zero-order valence-corrected chi connectivity index (χ0v) is 68.2. The van der Waals surface area contributed by atoms with E-state index in [9.17, 15) is 105 Å². The van der Waals surface area contributed by atoms with Crippen LogP contribution in [0.2, 0.25) is 0 Å². The second-order valence-electron chi connectivity index (χ2n) is 30.7. The number of nitrogens with zero attached hydrogens (tertiary/aromatic N) is 4. The monoisotopic (exact) mass is 1720 g/mol. The van der Waals surface area contributed by atoms with Crippen molar-refractivity contribution in [3.8, 4) is 5.69 Å². The molecular weight excluding hydrogens is 1600 g/mol. The summed E-state index contributed by atoms with van der Waals surface area (Å²) >= 11 is 0. The first-order chi connectivity index (χ1) is 55.8. The zero-order valence-electron chi connectivity index (χ0n) is 67.3. The van der Waals surface area contributed by atoms with Gasteiger partial charge in [0.1, 0.15) is 109 Å². The smallest absolute Gasteiger partial charge is 0.474 e. The molecule has 6 heterocycles. The number of nitrogens with two attached hydrogens (primary N) is 3. The van der Waals surface area contributed by atoms with E-state index in [1.807, 2.05) is 6.08 Å². The van der Waals surface area contributed by atoms with Gasteiger partial charge < -0.3 is 146 Å². The minimum absolute atomic E-state index is 0.0237. The highest BCUT2D eigenvalue weighted by Crippen LogP contribution is 2.49. The van der Waals surface area contributed by atoms with E-state index in [0.29, 0.717) is 12.8 Å². The van der Waals surface area contributed by atoms with Crippen LogP contribution in [0.3, 0.4) is 0 Å². The van der Waals surface area contributed by atoms with Crippen molar-refractivity contribution in [2.24, 2.45) is 22.6 Å². The number of phosphoric acid groups is 1. The highest BCUT2D eigenvalue weighted by molar-refractivity contribution is 7.47. The summed E-state index contributed by atoms with van der Waals surface area (Å²) in [5.74, 6) is -6.46. The number of hydrogen-bond donors (Lipinski definition) is 18. The summed E-state index contributed by atoms with van der Waals surface area (Å²) in [6.45, 7) is 16.7. The van der Waals surface area contributed by atoms with Crippen molar-refractivity contribution in [3.63, 3.8) is 0 Å². The summed E-state index contributed by atoms with van der Waals surface area (Å²) in [5, 5.41) is 148. The van der Waals surface area contributed by atoms with Gasteiger partial charge in [-0.2, -0.15) is 5.10 Å². The third-order valence-electron chi connectivity index (χ3n) is 20.2. The number of ether oxygens (including phenoxy) is 11. The van der Waals surface area contributed by atoms with Crippen molar-refractivity contribution in [2.75, 3.05) is 39.5 Å². The van der Waals surface area contributed by atoms with Gasteiger partial charge in [0.05, 0.1) is 43.1 Å². The van der Waals surface area contributed by atoms with Gasteiger partial charge in [0, 0.05) is 33.0 Å². The summed E-state index contributed by atoms with van der Waals surface area (Å²) < 4.78 is 91.1. The average molecular weight is 1720 g/mol. The van der Waals surface area contributed by atoms with Crippen molar-refractivity contribution in [1.82, 2.24) is 30.7 Å². The molecule has 0 bridgehead atoms. The first-order valence-corrected chi connectivity index (χ1v) is 39.7. The Kier molecular flexibility index (Phi) is 36.3. The molecule has 2 aromatic rings. The van der Waals surface area contributed by atoms with Crippen LogP contribution in [0.1, 0.15) is 136 Å². The third-order valence-corrected chi connectivity index (χ3v) is 21.1. The molecule has 0 spiro atoms. The lowest BCUT2D eigenvalue weighted by atomic mass is 9.85. The highest BCUT2D eigenvalue weighted by Gasteiger charge is 2.62.